The van der Waals surface area contributed by atoms with Gasteiger partial charge in [0.25, 0.3) is 0 Å². The van der Waals surface area contributed by atoms with Crippen molar-refractivity contribution in [1.29, 1.82) is 0 Å². The average molecular weight is 293 g/mol. The summed E-state index contributed by atoms with van der Waals surface area (Å²) in [5.74, 6) is -0.631. The van der Waals surface area contributed by atoms with Crippen molar-refractivity contribution in [2.45, 2.75) is 63.6 Å². The molecule has 0 aromatic rings. The molecule has 2 aliphatic rings. The standard InChI is InChI=1S/C15H26F3NO/c16-15(17,18)13-6-4-12(5-7-13)8-10-19-9-2-1-3-14(19)11-20/h12-14,20H,1-11H2/t12?,13?,14-/m0/s1. The van der Waals surface area contributed by atoms with Crippen molar-refractivity contribution in [2.24, 2.45) is 11.8 Å². The van der Waals surface area contributed by atoms with Gasteiger partial charge in [-0.05, 0) is 64.0 Å². The molecule has 0 unspecified atom stereocenters. The van der Waals surface area contributed by atoms with Crippen molar-refractivity contribution < 1.29 is 18.3 Å². The Balaban J connectivity index is 1.70. The summed E-state index contributed by atoms with van der Waals surface area (Å²) in [6.45, 7) is 2.18. The summed E-state index contributed by atoms with van der Waals surface area (Å²) in [6, 6.07) is 0.273. The Kier molecular flexibility index (Phi) is 5.73. The normalized spacial score (nSPS) is 33.3. The maximum atomic E-state index is 12.6. The molecule has 118 valence electrons. The Labute approximate surface area is 119 Å². The first-order valence-corrected chi connectivity index (χ1v) is 7.92. The molecule has 1 aliphatic heterocycles. The number of hydrogen-bond acceptors (Lipinski definition) is 2. The van der Waals surface area contributed by atoms with Crippen LogP contribution in [0.4, 0.5) is 13.2 Å². The van der Waals surface area contributed by atoms with Crippen molar-refractivity contribution in [1.82, 2.24) is 4.90 Å². The molecule has 2 nitrogen and oxygen atoms in total. The Morgan fingerprint density at radius 1 is 1.00 bits per heavy atom. The van der Waals surface area contributed by atoms with E-state index in [-0.39, 0.29) is 12.6 Å². The van der Waals surface area contributed by atoms with Gasteiger partial charge in [-0.15, -0.1) is 0 Å². The van der Waals surface area contributed by atoms with Gasteiger partial charge in [-0.2, -0.15) is 13.2 Å². The summed E-state index contributed by atoms with van der Waals surface area (Å²) in [7, 11) is 0. The molecule has 2 fully saturated rings. The zero-order chi connectivity index (χ0) is 14.6. The number of piperidine rings is 1. The number of aliphatic hydroxyl groups excluding tert-OH is 1. The van der Waals surface area contributed by atoms with Crippen LogP contribution in [0.25, 0.3) is 0 Å². The fourth-order valence-electron chi connectivity index (χ4n) is 3.69. The van der Waals surface area contributed by atoms with Gasteiger partial charge >= 0.3 is 6.18 Å². The molecule has 1 atom stereocenters. The van der Waals surface area contributed by atoms with Crippen LogP contribution in [0.5, 0.6) is 0 Å². The molecule has 0 aromatic heterocycles. The molecule has 0 bridgehead atoms. The summed E-state index contributed by atoms with van der Waals surface area (Å²) in [5.41, 5.74) is 0. The molecule has 0 amide bonds. The molecule has 1 aliphatic carbocycles. The molecule has 1 saturated carbocycles. The highest BCUT2D eigenvalue weighted by atomic mass is 19.4. The number of nitrogens with zero attached hydrogens (tertiary/aromatic N) is 1. The number of halogens is 3. The molecule has 2 rings (SSSR count). The van der Waals surface area contributed by atoms with Crippen LogP contribution in [0.2, 0.25) is 0 Å². The van der Waals surface area contributed by atoms with Gasteiger partial charge < -0.3 is 5.11 Å². The van der Waals surface area contributed by atoms with Crippen LogP contribution in [0.1, 0.15) is 51.4 Å². The van der Waals surface area contributed by atoms with Crippen molar-refractivity contribution in [2.75, 3.05) is 19.7 Å². The molecular formula is C15H26F3NO. The molecule has 5 heteroatoms. The smallest absolute Gasteiger partial charge is 0.391 e. The molecule has 0 spiro atoms. The Morgan fingerprint density at radius 2 is 1.70 bits per heavy atom. The van der Waals surface area contributed by atoms with E-state index in [1.165, 1.54) is 12.8 Å². The van der Waals surface area contributed by atoms with E-state index in [2.05, 4.69) is 4.90 Å². The Bertz CT molecular complexity index is 287. The van der Waals surface area contributed by atoms with E-state index in [4.69, 9.17) is 0 Å². The van der Waals surface area contributed by atoms with E-state index in [0.29, 0.717) is 31.6 Å². The van der Waals surface area contributed by atoms with Crippen LogP contribution >= 0.6 is 0 Å². The van der Waals surface area contributed by atoms with Gasteiger partial charge in [0, 0.05) is 6.04 Å². The maximum absolute atomic E-state index is 12.6. The molecule has 1 saturated heterocycles. The van der Waals surface area contributed by atoms with Crippen molar-refractivity contribution in [3.63, 3.8) is 0 Å². The third-order valence-corrected chi connectivity index (χ3v) is 5.09. The van der Waals surface area contributed by atoms with Crippen molar-refractivity contribution >= 4 is 0 Å². The molecule has 1 N–H and O–H groups in total. The minimum atomic E-state index is -4.00. The third-order valence-electron chi connectivity index (χ3n) is 5.09. The molecule has 1 heterocycles. The van der Waals surface area contributed by atoms with E-state index in [0.717, 1.165) is 25.9 Å². The summed E-state index contributed by atoms with van der Waals surface area (Å²) in [6.07, 6.45) is 2.42. The lowest BCUT2D eigenvalue weighted by Crippen LogP contribution is -2.42. The van der Waals surface area contributed by atoms with E-state index in [9.17, 15) is 18.3 Å². The summed E-state index contributed by atoms with van der Waals surface area (Å²) in [4.78, 5) is 2.33. The van der Waals surface area contributed by atoms with Crippen LogP contribution < -0.4 is 0 Å². The highest BCUT2D eigenvalue weighted by molar-refractivity contribution is 4.80. The van der Waals surface area contributed by atoms with E-state index >= 15 is 0 Å². The number of alkyl halides is 3. The van der Waals surface area contributed by atoms with Crippen LogP contribution in [-0.4, -0.2) is 41.9 Å². The van der Waals surface area contributed by atoms with Gasteiger partial charge in [0.05, 0.1) is 12.5 Å². The van der Waals surface area contributed by atoms with Gasteiger partial charge in [0.15, 0.2) is 0 Å². The lowest BCUT2D eigenvalue weighted by molar-refractivity contribution is -0.184. The number of rotatable bonds is 4. The fraction of sp³-hybridized carbons (Fsp3) is 1.00. The molecule has 0 radical (unpaired) electrons. The van der Waals surface area contributed by atoms with Crippen molar-refractivity contribution in [3.8, 4) is 0 Å². The number of hydrogen-bond donors (Lipinski definition) is 1. The second kappa shape index (κ2) is 7.12. The first-order chi connectivity index (χ1) is 9.50. The van der Waals surface area contributed by atoms with Crippen LogP contribution in [0, 0.1) is 11.8 Å². The predicted molar refractivity (Wildman–Crippen MR) is 72.4 cm³/mol. The van der Waals surface area contributed by atoms with E-state index < -0.39 is 12.1 Å². The topological polar surface area (TPSA) is 23.5 Å². The monoisotopic (exact) mass is 293 g/mol. The summed E-state index contributed by atoms with van der Waals surface area (Å²) in [5, 5.41) is 9.36. The number of aliphatic hydroxyl groups is 1. The van der Waals surface area contributed by atoms with Gasteiger partial charge in [-0.3, -0.25) is 4.90 Å². The predicted octanol–water partition coefficient (Wildman–Crippen LogP) is 3.59. The SMILES string of the molecule is OC[C@@H]1CCCCN1CCC1CCC(C(F)(F)F)CC1. The minimum absolute atomic E-state index is 0.209. The second-order valence-corrected chi connectivity index (χ2v) is 6.42. The Hall–Kier alpha value is -0.290. The van der Waals surface area contributed by atoms with Gasteiger partial charge in [-0.25, -0.2) is 0 Å². The quantitative estimate of drug-likeness (QED) is 0.856. The summed E-state index contributed by atoms with van der Waals surface area (Å²) >= 11 is 0. The van der Waals surface area contributed by atoms with E-state index in [1.807, 2.05) is 0 Å². The summed E-state index contributed by atoms with van der Waals surface area (Å²) < 4.78 is 37.8. The highest BCUT2D eigenvalue weighted by Gasteiger charge is 2.41. The first-order valence-electron chi connectivity index (χ1n) is 7.92. The Morgan fingerprint density at radius 3 is 2.30 bits per heavy atom. The zero-order valence-corrected chi connectivity index (χ0v) is 12.0. The lowest BCUT2D eigenvalue weighted by atomic mass is 9.80. The van der Waals surface area contributed by atoms with Gasteiger partial charge in [0.1, 0.15) is 0 Å². The third kappa shape index (κ3) is 4.35. The van der Waals surface area contributed by atoms with Crippen LogP contribution in [0.15, 0.2) is 0 Å². The minimum Gasteiger partial charge on any atom is -0.395 e. The number of likely N-dealkylation sites (tertiary alicyclic amines) is 1. The van der Waals surface area contributed by atoms with Gasteiger partial charge in [-0.1, -0.05) is 6.42 Å². The average Bonchev–Trinajstić information content (AvgIpc) is 2.45. The highest BCUT2D eigenvalue weighted by Crippen LogP contribution is 2.40. The van der Waals surface area contributed by atoms with Crippen molar-refractivity contribution in [3.05, 3.63) is 0 Å². The maximum Gasteiger partial charge on any atom is 0.391 e. The lowest BCUT2D eigenvalue weighted by Gasteiger charge is -2.36. The fourth-order valence-corrected chi connectivity index (χ4v) is 3.69. The first kappa shape index (κ1) is 16.1. The second-order valence-electron chi connectivity index (χ2n) is 6.42. The zero-order valence-electron chi connectivity index (χ0n) is 12.0. The van der Waals surface area contributed by atoms with Crippen LogP contribution in [0.3, 0.4) is 0 Å². The van der Waals surface area contributed by atoms with Crippen LogP contribution in [-0.2, 0) is 0 Å². The molecule has 20 heavy (non-hydrogen) atoms. The van der Waals surface area contributed by atoms with Gasteiger partial charge in [0.2, 0.25) is 0 Å². The molecule has 0 aromatic carbocycles. The largest absolute Gasteiger partial charge is 0.395 e. The van der Waals surface area contributed by atoms with E-state index in [1.54, 1.807) is 0 Å². The molecular weight excluding hydrogens is 267 g/mol.